The molecule has 1 heterocycles. The Hall–Kier alpha value is -2.34. The van der Waals surface area contributed by atoms with Gasteiger partial charge in [-0.25, -0.2) is 4.79 Å². The summed E-state index contributed by atoms with van der Waals surface area (Å²) in [6, 6.07) is 6.19. The number of rotatable bonds is 5. The van der Waals surface area contributed by atoms with Crippen molar-refractivity contribution in [1.82, 2.24) is 10.3 Å². The average Bonchev–Trinajstić information content (AvgIpc) is 2.57. The maximum atomic E-state index is 11.9. The summed E-state index contributed by atoms with van der Waals surface area (Å²) in [6.45, 7) is 0. The number of ether oxygens (including phenoxy) is 2. The molecular weight excluding hydrogens is 308 g/mol. The van der Waals surface area contributed by atoms with Gasteiger partial charge in [-0.05, 0) is 24.3 Å². The number of alkyl halides is 1. The molecule has 0 spiro atoms. The number of amides is 1. The summed E-state index contributed by atoms with van der Waals surface area (Å²) < 4.78 is 9.89. The molecule has 1 atom stereocenters. The zero-order chi connectivity index (χ0) is 16.1. The van der Waals surface area contributed by atoms with Gasteiger partial charge < -0.3 is 14.8 Å². The van der Waals surface area contributed by atoms with Crippen LogP contribution in [0.5, 0.6) is 5.75 Å². The smallest absolute Gasteiger partial charge is 0.333 e. The minimum absolute atomic E-state index is 0.248. The highest BCUT2D eigenvalue weighted by Crippen LogP contribution is 2.23. The van der Waals surface area contributed by atoms with Crippen molar-refractivity contribution in [3.05, 3.63) is 36.0 Å². The van der Waals surface area contributed by atoms with E-state index in [4.69, 9.17) is 21.1 Å². The van der Waals surface area contributed by atoms with E-state index < -0.39 is 17.9 Å². The van der Waals surface area contributed by atoms with Crippen LogP contribution < -0.4 is 10.1 Å². The van der Waals surface area contributed by atoms with Gasteiger partial charge in [-0.2, -0.15) is 0 Å². The van der Waals surface area contributed by atoms with Crippen LogP contribution in [0.1, 0.15) is 11.6 Å². The van der Waals surface area contributed by atoms with Gasteiger partial charge in [0.1, 0.15) is 11.6 Å². The van der Waals surface area contributed by atoms with Crippen LogP contribution in [0.4, 0.5) is 0 Å². The van der Waals surface area contributed by atoms with Gasteiger partial charge in [-0.15, -0.1) is 11.6 Å². The van der Waals surface area contributed by atoms with Gasteiger partial charge in [0.25, 0.3) is 0 Å². The first-order valence-electron chi connectivity index (χ1n) is 6.46. The summed E-state index contributed by atoms with van der Waals surface area (Å²) in [6.07, 6.45) is 1.52. The second kappa shape index (κ2) is 7.09. The van der Waals surface area contributed by atoms with Crippen molar-refractivity contribution < 1.29 is 19.1 Å². The number of carbonyl (C=O) groups is 2. The standard InChI is InChI=1S/C15H15ClN2O4/c1-21-11-3-4-12-9(6-11)5-10(8-17-12)14(15(20)22-2)18-13(19)7-16/h3-6,8,14H,7H2,1-2H3,(H,18,19). The fourth-order valence-electron chi connectivity index (χ4n) is 2.01. The Labute approximate surface area is 132 Å². The van der Waals surface area contributed by atoms with Gasteiger partial charge >= 0.3 is 5.97 Å². The normalized spacial score (nSPS) is 11.8. The van der Waals surface area contributed by atoms with E-state index in [9.17, 15) is 9.59 Å². The predicted molar refractivity (Wildman–Crippen MR) is 81.9 cm³/mol. The Morgan fingerprint density at radius 3 is 2.73 bits per heavy atom. The largest absolute Gasteiger partial charge is 0.497 e. The fraction of sp³-hybridized carbons (Fsp3) is 0.267. The maximum absolute atomic E-state index is 11.9. The molecule has 2 aromatic rings. The van der Waals surface area contributed by atoms with Gasteiger partial charge in [-0.3, -0.25) is 9.78 Å². The molecule has 2 rings (SSSR count). The number of fused-ring (bicyclic) bond motifs is 1. The van der Waals surface area contributed by atoms with Crippen molar-refractivity contribution >= 4 is 34.4 Å². The summed E-state index contributed by atoms with van der Waals surface area (Å²) in [4.78, 5) is 27.7. The molecule has 0 saturated carbocycles. The SMILES string of the molecule is COC(=O)C(NC(=O)CCl)c1cnc2ccc(OC)cc2c1. The van der Waals surface area contributed by atoms with E-state index in [1.807, 2.05) is 6.07 Å². The zero-order valence-corrected chi connectivity index (χ0v) is 12.9. The highest BCUT2D eigenvalue weighted by Gasteiger charge is 2.24. The lowest BCUT2D eigenvalue weighted by molar-refractivity contribution is -0.145. The van der Waals surface area contributed by atoms with Crippen molar-refractivity contribution in [3.63, 3.8) is 0 Å². The molecule has 1 unspecified atom stereocenters. The van der Waals surface area contributed by atoms with Crippen LogP contribution in [0.2, 0.25) is 0 Å². The van der Waals surface area contributed by atoms with E-state index in [1.54, 1.807) is 25.3 Å². The van der Waals surface area contributed by atoms with Gasteiger partial charge in [0.05, 0.1) is 19.7 Å². The lowest BCUT2D eigenvalue weighted by Gasteiger charge is -2.16. The Bertz CT molecular complexity index is 705. The predicted octanol–water partition coefficient (Wildman–Crippen LogP) is 1.81. The summed E-state index contributed by atoms with van der Waals surface area (Å²) in [5, 5.41) is 3.29. The third-order valence-corrected chi connectivity index (χ3v) is 3.35. The number of aromatic nitrogens is 1. The summed E-state index contributed by atoms with van der Waals surface area (Å²) in [7, 11) is 2.82. The summed E-state index contributed by atoms with van der Waals surface area (Å²) in [5.41, 5.74) is 1.25. The Morgan fingerprint density at radius 2 is 2.09 bits per heavy atom. The molecule has 0 aliphatic heterocycles. The van der Waals surface area contributed by atoms with Gasteiger partial charge in [0, 0.05) is 17.1 Å². The molecule has 0 aliphatic carbocycles. The molecule has 0 fully saturated rings. The van der Waals surface area contributed by atoms with Crippen LogP contribution in [-0.4, -0.2) is 37.0 Å². The summed E-state index contributed by atoms with van der Waals surface area (Å²) in [5.74, 6) is -0.640. The minimum atomic E-state index is -0.959. The minimum Gasteiger partial charge on any atom is -0.497 e. The van der Waals surface area contributed by atoms with Gasteiger partial charge in [-0.1, -0.05) is 0 Å². The van der Waals surface area contributed by atoms with Crippen LogP contribution >= 0.6 is 11.6 Å². The van der Waals surface area contributed by atoms with E-state index in [0.29, 0.717) is 11.3 Å². The summed E-state index contributed by atoms with van der Waals surface area (Å²) >= 11 is 5.47. The molecule has 1 N–H and O–H groups in total. The second-order valence-corrected chi connectivity index (χ2v) is 4.75. The highest BCUT2D eigenvalue weighted by molar-refractivity contribution is 6.27. The molecule has 1 amide bonds. The lowest BCUT2D eigenvalue weighted by Crippen LogP contribution is -2.35. The fourth-order valence-corrected chi connectivity index (χ4v) is 2.08. The molecule has 6 nitrogen and oxygen atoms in total. The molecule has 116 valence electrons. The van der Waals surface area contributed by atoms with Crippen molar-refractivity contribution in [2.75, 3.05) is 20.1 Å². The third-order valence-electron chi connectivity index (χ3n) is 3.11. The average molecular weight is 323 g/mol. The monoisotopic (exact) mass is 322 g/mol. The van der Waals surface area contributed by atoms with E-state index >= 15 is 0 Å². The first-order chi connectivity index (χ1) is 10.6. The molecule has 7 heteroatoms. The molecule has 1 aromatic heterocycles. The van der Waals surface area contributed by atoms with E-state index in [1.165, 1.54) is 13.3 Å². The molecular formula is C15H15ClN2O4. The number of nitrogens with one attached hydrogen (secondary N) is 1. The van der Waals surface area contributed by atoms with Crippen molar-refractivity contribution in [3.8, 4) is 5.75 Å². The Balaban J connectivity index is 2.43. The number of hydrogen-bond donors (Lipinski definition) is 1. The zero-order valence-electron chi connectivity index (χ0n) is 12.1. The number of hydrogen-bond acceptors (Lipinski definition) is 5. The molecule has 0 saturated heterocycles. The second-order valence-electron chi connectivity index (χ2n) is 4.48. The lowest BCUT2D eigenvalue weighted by atomic mass is 10.1. The number of esters is 1. The molecule has 22 heavy (non-hydrogen) atoms. The quantitative estimate of drug-likeness (QED) is 0.671. The number of methoxy groups -OCH3 is 2. The first kappa shape index (κ1) is 16.0. The van der Waals surface area contributed by atoms with Gasteiger partial charge in [0.2, 0.25) is 5.91 Å². The number of carbonyl (C=O) groups excluding carboxylic acids is 2. The topological polar surface area (TPSA) is 77.5 Å². The molecule has 0 radical (unpaired) electrons. The van der Waals surface area contributed by atoms with E-state index in [-0.39, 0.29) is 5.88 Å². The number of benzene rings is 1. The van der Waals surface area contributed by atoms with Crippen LogP contribution in [0.3, 0.4) is 0 Å². The van der Waals surface area contributed by atoms with E-state index in [2.05, 4.69) is 10.3 Å². The Morgan fingerprint density at radius 1 is 1.32 bits per heavy atom. The Kier molecular flexibility index (Phi) is 5.16. The maximum Gasteiger partial charge on any atom is 0.333 e. The number of halogens is 1. The van der Waals surface area contributed by atoms with Crippen LogP contribution in [-0.2, 0) is 14.3 Å². The molecule has 0 bridgehead atoms. The number of pyridine rings is 1. The molecule has 0 aliphatic rings. The van der Waals surface area contributed by atoms with Crippen LogP contribution in [0.15, 0.2) is 30.5 Å². The van der Waals surface area contributed by atoms with Crippen molar-refractivity contribution in [2.45, 2.75) is 6.04 Å². The third kappa shape index (κ3) is 3.46. The first-order valence-corrected chi connectivity index (χ1v) is 6.99. The van der Waals surface area contributed by atoms with Gasteiger partial charge in [0.15, 0.2) is 6.04 Å². The van der Waals surface area contributed by atoms with Crippen molar-refractivity contribution in [2.24, 2.45) is 0 Å². The number of nitrogens with zero attached hydrogens (tertiary/aromatic N) is 1. The van der Waals surface area contributed by atoms with Crippen LogP contribution in [0, 0.1) is 0 Å². The van der Waals surface area contributed by atoms with Crippen molar-refractivity contribution in [1.29, 1.82) is 0 Å². The highest BCUT2D eigenvalue weighted by atomic mass is 35.5. The molecule has 1 aromatic carbocycles. The van der Waals surface area contributed by atoms with E-state index in [0.717, 1.165) is 10.9 Å². The van der Waals surface area contributed by atoms with Crippen LogP contribution in [0.25, 0.3) is 10.9 Å².